The van der Waals surface area contributed by atoms with Crippen molar-refractivity contribution in [2.75, 3.05) is 59.4 Å². The van der Waals surface area contributed by atoms with Gasteiger partial charge in [0.1, 0.15) is 6.61 Å². The van der Waals surface area contributed by atoms with Crippen LogP contribution < -0.4 is 5.32 Å². The Hall–Kier alpha value is -1.02. The molecule has 7 nitrogen and oxygen atoms in total. The molecule has 0 aromatic rings. The lowest BCUT2D eigenvalue weighted by molar-refractivity contribution is -0.127. The number of nitrogens with one attached hydrogen (secondary N) is 1. The van der Waals surface area contributed by atoms with Crippen LogP contribution in [0.4, 0.5) is 0 Å². The summed E-state index contributed by atoms with van der Waals surface area (Å²) in [5.41, 5.74) is 0. The highest BCUT2D eigenvalue weighted by atomic mass is 16.6. The van der Waals surface area contributed by atoms with E-state index < -0.39 is 0 Å². The molecule has 22 heavy (non-hydrogen) atoms. The molecule has 0 fully saturated rings. The van der Waals surface area contributed by atoms with Gasteiger partial charge in [0.25, 0.3) is 0 Å². The minimum absolute atomic E-state index is 0.00905. The van der Waals surface area contributed by atoms with Crippen molar-refractivity contribution >= 4 is 11.7 Å². The fraction of sp³-hybridized carbons (Fsp3) is 0.867. The van der Waals surface area contributed by atoms with Crippen molar-refractivity contribution in [3.63, 3.8) is 0 Å². The quantitative estimate of drug-likeness (QED) is 0.440. The van der Waals surface area contributed by atoms with Gasteiger partial charge < -0.3 is 24.3 Å². The SMILES string of the molecule is CC(=O)NCCOCCOCCOCCOCC(=O)C(C)C. The molecule has 0 aromatic heterocycles. The fourth-order valence-electron chi connectivity index (χ4n) is 1.30. The molecule has 0 aliphatic rings. The average Bonchev–Trinajstić information content (AvgIpc) is 2.46. The highest BCUT2D eigenvalue weighted by molar-refractivity contribution is 5.81. The molecule has 0 heterocycles. The van der Waals surface area contributed by atoms with Gasteiger partial charge in [-0.3, -0.25) is 9.59 Å². The molecule has 1 amide bonds. The van der Waals surface area contributed by atoms with Gasteiger partial charge in [0.2, 0.25) is 5.91 Å². The summed E-state index contributed by atoms with van der Waals surface area (Å²) >= 11 is 0. The molecule has 0 radical (unpaired) electrons. The maximum absolute atomic E-state index is 11.3. The Morgan fingerprint density at radius 2 is 1.27 bits per heavy atom. The first-order valence-corrected chi connectivity index (χ1v) is 7.62. The van der Waals surface area contributed by atoms with Crippen LogP contribution in [0, 0.1) is 5.92 Å². The van der Waals surface area contributed by atoms with E-state index in [1.807, 2.05) is 13.8 Å². The summed E-state index contributed by atoms with van der Waals surface area (Å²) in [6.45, 7) is 9.10. The summed E-state index contributed by atoms with van der Waals surface area (Å²) in [6.07, 6.45) is 0. The molecular formula is C15H29NO6. The normalized spacial score (nSPS) is 10.9. The van der Waals surface area contributed by atoms with E-state index in [1.54, 1.807) is 0 Å². The van der Waals surface area contributed by atoms with Gasteiger partial charge in [-0.15, -0.1) is 0 Å². The molecule has 7 heteroatoms. The minimum atomic E-state index is -0.0606. The first-order chi connectivity index (χ1) is 10.5. The highest BCUT2D eigenvalue weighted by Gasteiger charge is 2.06. The number of carbonyl (C=O) groups excluding carboxylic acids is 2. The van der Waals surface area contributed by atoms with E-state index >= 15 is 0 Å². The maximum Gasteiger partial charge on any atom is 0.216 e. The van der Waals surface area contributed by atoms with Gasteiger partial charge in [0.05, 0.1) is 46.2 Å². The average molecular weight is 319 g/mol. The Morgan fingerprint density at radius 1 is 0.818 bits per heavy atom. The van der Waals surface area contributed by atoms with Crippen LogP contribution in [0.5, 0.6) is 0 Å². The Bertz CT molecular complexity index is 296. The molecule has 0 atom stereocenters. The van der Waals surface area contributed by atoms with E-state index in [4.69, 9.17) is 18.9 Å². The van der Waals surface area contributed by atoms with E-state index in [9.17, 15) is 9.59 Å². The standard InChI is InChI=1S/C15H29NO6/c1-13(2)15(18)12-22-11-10-21-9-8-20-7-6-19-5-4-16-14(3)17/h13H,4-12H2,1-3H3,(H,16,17). The van der Waals surface area contributed by atoms with Gasteiger partial charge in [0.15, 0.2) is 5.78 Å². The van der Waals surface area contributed by atoms with Crippen molar-refractivity contribution in [3.05, 3.63) is 0 Å². The molecule has 0 rings (SSSR count). The number of hydrogen-bond donors (Lipinski definition) is 1. The first-order valence-electron chi connectivity index (χ1n) is 7.62. The molecule has 0 aliphatic carbocycles. The maximum atomic E-state index is 11.3. The predicted octanol–water partition coefficient (Wildman–Crippen LogP) is 0.414. The molecule has 0 unspecified atom stereocenters. The topological polar surface area (TPSA) is 83.1 Å². The Balaban J connectivity index is 3.08. The number of carbonyl (C=O) groups is 2. The monoisotopic (exact) mass is 319 g/mol. The third kappa shape index (κ3) is 15.4. The smallest absolute Gasteiger partial charge is 0.216 e. The van der Waals surface area contributed by atoms with Crippen LogP contribution >= 0.6 is 0 Å². The molecule has 0 bridgehead atoms. The van der Waals surface area contributed by atoms with Crippen molar-refractivity contribution < 1.29 is 28.5 Å². The van der Waals surface area contributed by atoms with Crippen molar-refractivity contribution in [3.8, 4) is 0 Å². The van der Waals surface area contributed by atoms with Crippen LogP contribution in [0.1, 0.15) is 20.8 Å². The molecule has 130 valence electrons. The van der Waals surface area contributed by atoms with Gasteiger partial charge in [0, 0.05) is 19.4 Å². The molecule has 0 aromatic carbocycles. The minimum Gasteiger partial charge on any atom is -0.377 e. The molecule has 0 saturated heterocycles. The van der Waals surface area contributed by atoms with Crippen LogP contribution in [0.2, 0.25) is 0 Å². The second-order valence-electron chi connectivity index (χ2n) is 4.99. The Morgan fingerprint density at radius 3 is 1.73 bits per heavy atom. The van der Waals surface area contributed by atoms with Crippen LogP contribution in [0.15, 0.2) is 0 Å². The predicted molar refractivity (Wildman–Crippen MR) is 81.8 cm³/mol. The van der Waals surface area contributed by atoms with Crippen LogP contribution in [-0.2, 0) is 28.5 Å². The number of rotatable bonds is 15. The summed E-state index contributed by atoms with van der Waals surface area (Å²) in [4.78, 5) is 21.8. The second kappa shape index (κ2) is 14.9. The first kappa shape index (κ1) is 21.0. The summed E-state index contributed by atoms with van der Waals surface area (Å²) < 4.78 is 21.0. The van der Waals surface area contributed by atoms with Crippen LogP contribution in [0.3, 0.4) is 0 Å². The van der Waals surface area contributed by atoms with Gasteiger partial charge in [-0.2, -0.15) is 0 Å². The largest absolute Gasteiger partial charge is 0.377 e. The lowest BCUT2D eigenvalue weighted by Crippen LogP contribution is -2.25. The highest BCUT2D eigenvalue weighted by Crippen LogP contribution is 1.94. The van der Waals surface area contributed by atoms with E-state index in [1.165, 1.54) is 6.92 Å². The van der Waals surface area contributed by atoms with E-state index in [-0.39, 0.29) is 24.2 Å². The Kier molecular flexibility index (Phi) is 14.2. The molecule has 0 aliphatic heterocycles. The summed E-state index contributed by atoms with van der Waals surface area (Å²) in [6, 6.07) is 0. The zero-order chi connectivity index (χ0) is 16.6. The van der Waals surface area contributed by atoms with Gasteiger partial charge >= 0.3 is 0 Å². The molecule has 0 saturated carbocycles. The Labute approximate surface area is 132 Å². The number of hydrogen-bond acceptors (Lipinski definition) is 6. The second-order valence-corrected chi connectivity index (χ2v) is 4.99. The number of ether oxygens (including phenoxy) is 4. The van der Waals surface area contributed by atoms with Crippen LogP contribution in [-0.4, -0.2) is 71.1 Å². The lowest BCUT2D eigenvalue weighted by atomic mass is 10.1. The lowest BCUT2D eigenvalue weighted by Gasteiger charge is -2.08. The number of ketones is 1. The summed E-state index contributed by atoms with van der Waals surface area (Å²) in [7, 11) is 0. The van der Waals surface area contributed by atoms with Gasteiger partial charge in [-0.1, -0.05) is 13.8 Å². The third-order valence-electron chi connectivity index (χ3n) is 2.62. The zero-order valence-corrected chi connectivity index (χ0v) is 13.9. The van der Waals surface area contributed by atoms with Crippen molar-refractivity contribution in [2.45, 2.75) is 20.8 Å². The van der Waals surface area contributed by atoms with E-state index in [0.717, 1.165) is 0 Å². The van der Waals surface area contributed by atoms with Gasteiger partial charge in [-0.05, 0) is 0 Å². The van der Waals surface area contributed by atoms with Crippen molar-refractivity contribution in [1.82, 2.24) is 5.32 Å². The van der Waals surface area contributed by atoms with E-state index in [0.29, 0.717) is 52.8 Å². The van der Waals surface area contributed by atoms with E-state index in [2.05, 4.69) is 5.32 Å². The zero-order valence-electron chi connectivity index (χ0n) is 13.9. The fourth-order valence-corrected chi connectivity index (χ4v) is 1.30. The van der Waals surface area contributed by atoms with Crippen LogP contribution in [0.25, 0.3) is 0 Å². The summed E-state index contributed by atoms with van der Waals surface area (Å²) in [5, 5.41) is 2.64. The number of amides is 1. The van der Waals surface area contributed by atoms with Crippen molar-refractivity contribution in [2.24, 2.45) is 5.92 Å². The van der Waals surface area contributed by atoms with Gasteiger partial charge in [-0.25, -0.2) is 0 Å². The molecule has 0 spiro atoms. The molecular weight excluding hydrogens is 290 g/mol. The number of Topliss-reactive ketones (excluding diaryl/α,β-unsaturated/α-hetero) is 1. The summed E-state index contributed by atoms with van der Waals surface area (Å²) in [5.74, 6) is 0.0474. The molecule has 1 N–H and O–H groups in total. The third-order valence-corrected chi connectivity index (χ3v) is 2.62. The van der Waals surface area contributed by atoms with Crippen molar-refractivity contribution in [1.29, 1.82) is 0 Å².